The van der Waals surface area contributed by atoms with Crippen LogP contribution in [0.25, 0.3) is 0 Å². The van der Waals surface area contributed by atoms with Crippen molar-refractivity contribution in [3.05, 3.63) is 86.8 Å². The molecule has 3 rings (SSSR count). The molecule has 27 heavy (non-hydrogen) atoms. The van der Waals surface area contributed by atoms with E-state index in [-0.39, 0.29) is 5.56 Å². The maximum absolute atomic E-state index is 12.9. The van der Waals surface area contributed by atoms with Crippen LogP contribution >= 0.6 is 11.8 Å². The van der Waals surface area contributed by atoms with Crippen LogP contribution in [0.5, 0.6) is 5.75 Å². The molecule has 0 fully saturated rings. The monoisotopic (exact) mass is 380 g/mol. The van der Waals surface area contributed by atoms with Crippen LogP contribution in [0, 0.1) is 13.8 Å². The Hall–Kier alpha value is -2.53. The summed E-state index contributed by atoms with van der Waals surface area (Å²) in [7, 11) is 3.46. The van der Waals surface area contributed by atoms with Gasteiger partial charge in [-0.15, -0.1) is 0 Å². The Balaban J connectivity index is 1.81. The molecule has 4 nitrogen and oxygen atoms in total. The molecule has 0 unspecified atom stereocenters. The molecule has 0 saturated carbocycles. The number of hydrogen-bond donors (Lipinski definition) is 0. The normalized spacial score (nSPS) is 10.8. The molecular formula is C22H24N2O2S. The van der Waals surface area contributed by atoms with E-state index >= 15 is 0 Å². The first-order chi connectivity index (χ1) is 13.0. The number of aryl methyl sites for hydroxylation is 2. The second-order valence-electron chi connectivity index (χ2n) is 6.56. The first kappa shape index (κ1) is 19.2. The zero-order valence-corrected chi connectivity index (χ0v) is 17.0. The van der Waals surface area contributed by atoms with Crippen molar-refractivity contribution < 1.29 is 4.74 Å². The van der Waals surface area contributed by atoms with Crippen LogP contribution in [-0.4, -0.2) is 16.7 Å². The molecule has 0 aliphatic rings. The molecule has 0 N–H and O–H groups in total. The van der Waals surface area contributed by atoms with E-state index < -0.39 is 0 Å². The Morgan fingerprint density at radius 3 is 2.44 bits per heavy atom. The first-order valence-corrected chi connectivity index (χ1v) is 9.85. The SMILES string of the molecule is COc1ccc(CSc2nc(C)c(Cc3ccccc3C)c(=O)n2C)cc1. The van der Waals surface area contributed by atoms with Gasteiger partial charge >= 0.3 is 0 Å². The maximum atomic E-state index is 12.9. The fourth-order valence-electron chi connectivity index (χ4n) is 2.93. The van der Waals surface area contributed by atoms with Gasteiger partial charge in [0, 0.05) is 30.5 Å². The van der Waals surface area contributed by atoms with Crippen molar-refractivity contribution in [3.8, 4) is 5.75 Å². The number of aromatic nitrogens is 2. The second kappa shape index (κ2) is 8.44. The lowest BCUT2D eigenvalue weighted by Gasteiger charge is -2.13. The Morgan fingerprint density at radius 1 is 1.07 bits per heavy atom. The van der Waals surface area contributed by atoms with E-state index in [0.717, 1.165) is 39.0 Å². The zero-order valence-electron chi connectivity index (χ0n) is 16.2. The molecule has 0 spiro atoms. The lowest BCUT2D eigenvalue weighted by Crippen LogP contribution is -2.26. The Morgan fingerprint density at radius 2 is 1.78 bits per heavy atom. The van der Waals surface area contributed by atoms with Crippen LogP contribution in [0.2, 0.25) is 0 Å². The van der Waals surface area contributed by atoms with Gasteiger partial charge in [0.1, 0.15) is 5.75 Å². The molecule has 0 radical (unpaired) electrons. The van der Waals surface area contributed by atoms with Crippen molar-refractivity contribution in [1.29, 1.82) is 0 Å². The summed E-state index contributed by atoms with van der Waals surface area (Å²) in [6.45, 7) is 3.99. The molecule has 1 heterocycles. The van der Waals surface area contributed by atoms with Gasteiger partial charge in [-0.1, -0.05) is 48.2 Å². The van der Waals surface area contributed by atoms with E-state index in [4.69, 9.17) is 9.72 Å². The van der Waals surface area contributed by atoms with Gasteiger partial charge in [0.25, 0.3) is 5.56 Å². The van der Waals surface area contributed by atoms with Crippen LogP contribution in [0.4, 0.5) is 0 Å². The van der Waals surface area contributed by atoms with Gasteiger partial charge in [-0.2, -0.15) is 0 Å². The largest absolute Gasteiger partial charge is 0.497 e. The van der Waals surface area contributed by atoms with Gasteiger partial charge in [0.2, 0.25) is 0 Å². The Bertz CT molecular complexity index is 994. The third kappa shape index (κ3) is 4.42. The highest BCUT2D eigenvalue weighted by Gasteiger charge is 2.14. The summed E-state index contributed by atoms with van der Waals surface area (Å²) in [4.78, 5) is 17.6. The van der Waals surface area contributed by atoms with Crippen molar-refractivity contribution in [1.82, 2.24) is 9.55 Å². The molecule has 0 saturated heterocycles. The van der Waals surface area contributed by atoms with E-state index in [1.165, 1.54) is 5.56 Å². The Labute approximate surface area is 164 Å². The first-order valence-electron chi connectivity index (χ1n) is 8.86. The third-order valence-electron chi connectivity index (χ3n) is 4.71. The number of ether oxygens (including phenoxy) is 1. The van der Waals surface area contributed by atoms with Gasteiger partial charge in [-0.05, 0) is 42.7 Å². The fourth-order valence-corrected chi connectivity index (χ4v) is 3.90. The minimum absolute atomic E-state index is 0.0305. The number of nitrogens with zero attached hydrogens (tertiary/aromatic N) is 2. The van der Waals surface area contributed by atoms with Crippen LogP contribution in [-0.2, 0) is 19.2 Å². The van der Waals surface area contributed by atoms with E-state index in [2.05, 4.69) is 19.1 Å². The smallest absolute Gasteiger partial charge is 0.257 e. The van der Waals surface area contributed by atoms with Gasteiger partial charge < -0.3 is 4.74 Å². The minimum Gasteiger partial charge on any atom is -0.497 e. The van der Waals surface area contributed by atoms with Crippen molar-refractivity contribution >= 4 is 11.8 Å². The average molecular weight is 381 g/mol. The van der Waals surface area contributed by atoms with Crippen molar-refractivity contribution in [2.75, 3.05) is 7.11 Å². The summed E-state index contributed by atoms with van der Waals surface area (Å²) in [5.74, 6) is 1.59. The van der Waals surface area contributed by atoms with E-state index in [0.29, 0.717) is 6.42 Å². The molecule has 2 aromatic carbocycles. The van der Waals surface area contributed by atoms with Crippen LogP contribution < -0.4 is 10.3 Å². The molecule has 0 aliphatic carbocycles. The number of hydrogen-bond acceptors (Lipinski definition) is 4. The highest BCUT2D eigenvalue weighted by molar-refractivity contribution is 7.98. The maximum Gasteiger partial charge on any atom is 0.257 e. The van der Waals surface area contributed by atoms with Crippen molar-refractivity contribution in [2.45, 2.75) is 31.2 Å². The topological polar surface area (TPSA) is 44.1 Å². The zero-order chi connectivity index (χ0) is 19.4. The van der Waals surface area contributed by atoms with Gasteiger partial charge in [0.05, 0.1) is 7.11 Å². The highest BCUT2D eigenvalue weighted by atomic mass is 32.2. The summed E-state index contributed by atoms with van der Waals surface area (Å²) in [6.07, 6.45) is 0.613. The lowest BCUT2D eigenvalue weighted by atomic mass is 10.0. The average Bonchev–Trinajstić information content (AvgIpc) is 2.68. The molecule has 0 aliphatic heterocycles. The predicted molar refractivity (Wildman–Crippen MR) is 111 cm³/mol. The number of benzene rings is 2. The summed E-state index contributed by atoms with van der Waals surface area (Å²) < 4.78 is 6.85. The molecule has 5 heteroatoms. The fraction of sp³-hybridized carbons (Fsp3) is 0.273. The Kier molecular flexibility index (Phi) is 6.01. The standard InChI is InChI=1S/C22H24N2O2S/c1-15-7-5-6-8-18(15)13-20-16(2)23-22(24(3)21(20)25)27-14-17-9-11-19(26-4)12-10-17/h5-12H,13-14H2,1-4H3. The quantitative estimate of drug-likeness (QED) is 0.473. The predicted octanol–water partition coefficient (Wildman–Crippen LogP) is 4.29. The van der Waals surface area contributed by atoms with E-state index in [9.17, 15) is 4.79 Å². The summed E-state index contributed by atoms with van der Waals surface area (Å²) in [5, 5.41) is 0.738. The summed E-state index contributed by atoms with van der Waals surface area (Å²) >= 11 is 1.57. The van der Waals surface area contributed by atoms with E-state index in [1.807, 2.05) is 43.3 Å². The van der Waals surface area contributed by atoms with Crippen molar-refractivity contribution in [2.24, 2.45) is 7.05 Å². The van der Waals surface area contributed by atoms with Gasteiger partial charge in [-0.25, -0.2) is 4.98 Å². The van der Waals surface area contributed by atoms with Crippen LogP contribution in [0.3, 0.4) is 0 Å². The number of methoxy groups -OCH3 is 1. The van der Waals surface area contributed by atoms with E-state index in [1.54, 1.807) is 30.5 Å². The molecule has 0 amide bonds. The molecular weight excluding hydrogens is 356 g/mol. The molecule has 140 valence electrons. The molecule has 3 aromatic rings. The second-order valence-corrected chi connectivity index (χ2v) is 7.51. The van der Waals surface area contributed by atoms with Gasteiger partial charge in [-0.3, -0.25) is 9.36 Å². The molecule has 0 atom stereocenters. The van der Waals surface area contributed by atoms with Crippen LogP contribution in [0.1, 0.15) is 27.9 Å². The minimum atomic E-state index is 0.0305. The summed E-state index contributed by atoms with van der Waals surface area (Å²) in [5.41, 5.74) is 5.12. The highest BCUT2D eigenvalue weighted by Crippen LogP contribution is 2.23. The van der Waals surface area contributed by atoms with Crippen molar-refractivity contribution in [3.63, 3.8) is 0 Å². The lowest BCUT2D eigenvalue weighted by molar-refractivity contribution is 0.414. The third-order valence-corrected chi connectivity index (χ3v) is 5.81. The van der Waals surface area contributed by atoms with Gasteiger partial charge in [0.15, 0.2) is 5.16 Å². The summed E-state index contributed by atoms with van der Waals surface area (Å²) in [6, 6.07) is 16.1. The molecule has 0 bridgehead atoms. The number of thioether (sulfide) groups is 1. The molecule has 1 aromatic heterocycles. The number of rotatable bonds is 6. The van der Waals surface area contributed by atoms with Crippen LogP contribution in [0.15, 0.2) is 58.5 Å².